The molecule has 0 fully saturated rings. The summed E-state index contributed by atoms with van der Waals surface area (Å²) in [7, 11) is -3.60. The Bertz CT molecular complexity index is 798. The zero-order valence-corrected chi connectivity index (χ0v) is 14.2. The molecule has 23 heavy (non-hydrogen) atoms. The third-order valence-corrected chi connectivity index (χ3v) is 5.56. The van der Waals surface area contributed by atoms with Crippen LogP contribution in [-0.2, 0) is 23.0 Å². The van der Waals surface area contributed by atoms with Crippen molar-refractivity contribution in [3.8, 4) is 0 Å². The summed E-state index contributed by atoms with van der Waals surface area (Å²) in [5, 5.41) is 3.46. The minimum absolute atomic E-state index is 0.0101. The van der Waals surface area contributed by atoms with Gasteiger partial charge in [-0.15, -0.1) is 0 Å². The van der Waals surface area contributed by atoms with Gasteiger partial charge in [0.25, 0.3) is 10.0 Å². The molecule has 0 radical (unpaired) electrons. The van der Waals surface area contributed by atoms with Gasteiger partial charge in [-0.3, -0.25) is 0 Å². The van der Waals surface area contributed by atoms with Crippen LogP contribution in [0.25, 0.3) is 0 Å². The van der Waals surface area contributed by atoms with Crippen molar-refractivity contribution in [3.63, 3.8) is 0 Å². The first-order chi connectivity index (χ1) is 11.0. The summed E-state index contributed by atoms with van der Waals surface area (Å²) in [6, 6.07) is 8.15. The fraction of sp³-hybridized carbons (Fsp3) is 0.438. The van der Waals surface area contributed by atoms with Crippen LogP contribution in [0.4, 0.5) is 0 Å². The minimum atomic E-state index is -3.60. The first-order valence-corrected chi connectivity index (χ1v) is 9.34. The second-order valence-electron chi connectivity index (χ2n) is 5.72. The molecule has 124 valence electrons. The highest BCUT2D eigenvalue weighted by atomic mass is 32.2. The van der Waals surface area contributed by atoms with Crippen molar-refractivity contribution in [1.82, 2.24) is 19.6 Å². The Hall–Kier alpha value is -1.70. The van der Waals surface area contributed by atoms with Gasteiger partial charge in [-0.1, -0.05) is 24.3 Å². The molecule has 6 nitrogen and oxygen atoms in total. The van der Waals surface area contributed by atoms with Crippen molar-refractivity contribution in [3.05, 3.63) is 47.4 Å². The standard InChI is InChI=1S/C16H22N4O2S/c1-3-20-11-16(19-12(20)2)23(21,22)18-10-15-14-7-5-4-6-13(14)8-9-17-15/h4-7,11,15,17-18H,3,8-10H2,1-2H3. The number of benzene rings is 1. The van der Waals surface area contributed by atoms with E-state index in [1.54, 1.807) is 6.20 Å². The van der Waals surface area contributed by atoms with Gasteiger partial charge in [0.2, 0.25) is 0 Å². The van der Waals surface area contributed by atoms with Crippen molar-refractivity contribution in [2.24, 2.45) is 0 Å². The van der Waals surface area contributed by atoms with E-state index in [0.29, 0.717) is 18.9 Å². The molecule has 0 saturated carbocycles. The van der Waals surface area contributed by atoms with Crippen molar-refractivity contribution >= 4 is 10.0 Å². The second kappa shape index (κ2) is 6.43. The number of aryl methyl sites for hydroxylation is 2. The Labute approximate surface area is 137 Å². The van der Waals surface area contributed by atoms with Gasteiger partial charge in [0.1, 0.15) is 5.82 Å². The highest BCUT2D eigenvalue weighted by molar-refractivity contribution is 7.89. The number of nitrogens with zero attached hydrogens (tertiary/aromatic N) is 2. The van der Waals surface area contributed by atoms with E-state index in [4.69, 9.17) is 0 Å². The minimum Gasteiger partial charge on any atom is -0.334 e. The van der Waals surface area contributed by atoms with Gasteiger partial charge in [-0.25, -0.2) is 18.1 Å². The van der Waals surface area contributed by atoms with Gasteiger partial charge in [0.15, 0.2) is 5.03 Å². The normalized spacial score (nSPS) is 17.9. The first-order valence-electron chi connectivity index (χ1n) is 7.86. The summed E-state index contributed by atoms with van der Waals surface area (Å²) < 4.78 is 29.4. The lowest BCUT2D eigenvalue weighted by molar-refractivity contribution is 0.491. The van der Waals surface area contributed by atoms with Crippen LogP contribution < -0.4 is 10.0 Å². The van der Waals surface area contributed by atoms with Crippen LogP contribution in [-0.4, -0.2) is 31.1 Å². The number of nitrogens with one attached hydrogen (secondary N) is 2. The summed E-state index contributed by atoms with van der Waals surface area (Å²) in [4.78, 5) is 4.15. The number of rotatable bonds is 5. The Balaban J connectivity index is 1.75. The van der Waals surface area contributed by atoms with Gasteiger partial charge < -0.3 is 9.88 Å². The molecule has 0 spiro atoms. The van der Waals surface area contributed by atoms with E-state index in [9.17, 15) is 8.42 Å². The van der Waals surface area contributed by atoms with E-state index >= 15 is 0 Å². The van der Waals surface area contributed by atoms with Gasteiger partial charge in [0, 0.05) is 25.3 Å². The number of aromatic nitrogens is 2. The maximum atomic E-state index is 12.5. The lowest BCUT2D eigenvalue weighted by atomic mass is 9.95. The highest BCUT2D eigenvalue weighted by Crippen LogP contribution is 2.22. The molecule has 1 unspecified atom stereocenters. The molecular formula is C16H22N4O2S. The Morgan fingerprint density at radius 2 is 2.17 bits per heavy atom. The predicted molar refractivity (Wildman–Crippen MR) is 88.7 cm³/mol. The Kier molecular flexibility index (Phi) is 4.52. The molecular weight excluding hydrogens is 312 g/mol. The molecule has 1 atom stereocenters. The van der Waals surface area contributed by atoms with Crippen LogP contribution in [0.15, 0.2) is 35.5 Å². The lowest BCUT2D eigenvalue weighted by Crippen LogP contribution is -2.38. The molecule has 0 saturated heterocycles. The molecule has 0 bridgehead atoms. The monoisotopic (exact) mass is 334 g/mol. The zero-order chi connectivity index (χ0) is 16.4. The third-order valence-electron chi connectivity index (χ3n) is 4.26. The van der Waals surface area contributed by atoms with Crippen molar-refractivity contribution in [2.75, 3.05) is 13.1 Å². The smallest absolute Gasteiger partial charge is 0.259 e. The van der Waals surface area contributed by atoms with Crippen molar-refractivity contribution in [2.45, 2.75) is 37.9 Å². The first kappa shape index (κ1) is 16.2. The molecule has 2 heterocycles. The molecule has 2 N–H and O–H groups in total. The molecule has 1 aliphatic rings. The molecule has 1 aliphatic heterocycles. The fourth-order valence-corrected chi connectivity index (χ4v) is 4.02. The van der Waals surface area contributed by atoms with Crippen LogP contribution >= 0.6 is 0 Å². The van der Waals surface area contributed by atoms with Gasteiger partial charge in [-0.2, -0.15) is 0 Å². The lowest BCUT2D eigenvalue weighted by Gasteiger charge is -2.26. The Morgan fingerprint density at radius 3 is 2.91 bits per heavy atom. The third kappa shape index (κ3) is 3.31. The van der Waals surface area contributed by atoms with Crippen LogP contribution in [0.5, 0.6) is 0 Å². The maximum absolute atomic E-state index is 12.5. The van der Waals surface area contributed by atoms with E-state index in [0.717, 1.165) is 18.5 Å². The number of hydrogen-bond acceptors (Lipinski definition) is 4. The summed E-state index contributed by atoms with van der Waals surface area (Å²) >= 11 is 0. The van der Waals surface area contributed by atoms with Gasteiger partial charge >= 0.3 is 0 Å². The molecule has 0 aliphatic carbocycles. The van der Waals surface area contributed by atoms with Crippen LogP contribution in [0.1, 0.15) is 29.9 Å². The molecule has 1 aromatic heterocycles. The summed E-state index contributed by atoms with van der Waals surface area (Å²) in [6.45, 7) is 5.64. The van der Waals surface area contributed by atoms with E-state index < -0.39 is 10.0 Å². The van der Waals surface area contributed by atoms with Gasteiger partial charge in [0.05, 0.1) is 0 Å². The number of fused-ring (bicyclic) bond motifs is 1. The van der Waals surface area contributed by atoms with E-state index in [-0.39, 0.29) is 11.1 Å². The molecule has 3 rings (SSSR count). The van der Waals surface area contributed by atoms with Crippen LogP contribution in [0, 0.1) is 6.92 Å². The topological polar surface area (TPSA) is 76.0 Å². The van der Waals surface area contributed by atoms with Crippen LogP contribution in [0.3, 0.4) is 0 Å². The van der Waals surface area contributed by atoms with Crippen LogP contribution in [0.2, 0.25) is 0 Å². The van der Waals surface area contributed by atoms with Crippen molar-refractivity contribution in [1.29, 1.82) is 0 Å². The average Bonchev–Trinajstić information content (AvgIpc) is 2.95. The molecule has 7 heteroatoms. The largest absolute Gasteiger partial charge is 0.334 e. The quantitative estimate of drug-likeness (QED) is 0.866. The van der Waals surface area contributed by atoms with E-state index in [1.165, 1.54) is 5.56 Å². The molecule has 0 amide bonds. The molecule has 2 aromatic rings. The summed E-state index contributed by atoms with van der Waals surface area (Å²) in [5.74, 6) is 0.703. The molecule has 1 aromatic carbocycles. The SMILES string of the molecule is CCn1cc(S(=O)(=O)NCC2NCCc3ccccc32)nc1C. The number of imidazole rings is 1. The zero-order valence-electron chi connectivity index (χ0n) is 13.4. The van der Waals surface area contributed by atoms with Crippen molar-refractivity contribution < 1.29 is 8.42 Å². The average molecular weight is 334 g/mol. The second-order valence-corrected chi connectivity index (χ2v) is 7.43. The highest BCUT2D eigenvalue weighted by Gasteiger charge is 2.23. The van der Waals surface area contributed by atoms with E-state index in [2.05, 4.69) is 27.2 Å². The van der Waals surface area contributed by atoms with Gasteiger partial charge in [-0.05, 0) is 37.9 Å². The summed E-state index contributed by atoms with van der Waals surface area (Å²) in [5.41, 5.74) is 2.44. The fourth-order valence-electron chi connectivity index (χ4n) is 2.97. The maximum Gasteiger partial charge on any atom is 0.259 e. The Morgan fingerprint density at radius 1 is 1.39 bits per heavy atom. The van der Waals surface area contributed by atoms with E-state index in [1.807, 2.05) is 30.5 Å². The summed E-state index contributed by atoms with van der Waals surface area (Å²) in [6.07, 6.45) is 2.55. The number of hydrogen-bond donors (Lipinski definition) is 2. The number of sulfonamides is 1. The predicted octanol–water partition coefficient (Wildman–Crippen LogP) is 1.38.